The molecular weight excluding hydrogens is 252 g/mol. The first-order valence-electron chi connectivity index (χ1n) is 7.37. The van der Waals surface area contributed by atoms with Crippen LogP contribution in [0.5, 0.6) is 0 Å². The maximum atomic E-state index is 4.49. The van der Waals surface area contributed by atoms with E-state index in [2.05, 4.69) is 58.5 Å². The number of aliphatic imine (C=N–C) groups is 2. The van der Waals surface area contributed by atoms with E-state index in [1.807, 2.05) is 12.4 Å². The molecule has 0 amide bonds. The molecule has 0 saturated carbocycles. The zero-order chi connectivity index (χ0) is 14.6. The molecule has 0 spiro atoms. The highest BCUT2D eigenvalue weighted by Gasteiger charge is 2.33. The standard InChI is InChI=1S/C14H26N6/c1-11(13(3)15-5-6-16-13)9-19-20-10-12(2)14(4)17-7-8-18-14/h5,7,11-12,16,18H,6,8-10H2,1-4H3. The molecule has 6 nitrogen and oxygen atoms in total. The molecule has 0 aliphatic carbocycles. The SMILES string of the molecule is CC(CN=NCC(C)C1(C)N=CCN1)C1(C)N=CCN1. The second-order valence-electron chi connectivity index (χ2n) is 6.13. The van der Waals surface area contributed by atoms with Gasteiger partial charge < -0.3 is 0 Å². The van der Waals surface area contributed by atoms with Crippen LogP contribution in [-0.2, 0) is 0 Å². The summed E-state index contributed by atoms with van der Waals surface area (Å²) in [7, 11) is 0. The highest BCUT2D eigenvalue weighted by Crippen LogP contribution is 2.22. The van der Waals surface area contributed by atoms with Gasteiger partial charge in [-0.1, -0.05) is 13.8 Å². The van der Waals surface area contributed by atoms with E-state index in [-0.39, 0.29) is 11.3 Å². The average molecular weight is 278 g/mol. The molecule has 2 aliphatic heterocycles. The Morgan fingerprint density at radius 3 is 1.65 bits per heavy atom. The van der Waals surface area contributed by atoms with Crippen molar-refractivity contribution in [1.29, 1.82) is 0 Å². The summed E-state index contributed by atoms with van der Waals surface area (Å²) >= 11 is 0. The first-order valence-corrected chi connectivity index (χ1v) is 7.37. The van der Waals surface area contributed by atoms with Crippen molar-refractivity contribution in [2.75, 3.05) is 26.2 Å². The third kappa shape index (κ3) is 3.30. The quantitative estimate of drug-likeness (QED) is 0.722. The van der Waals surface area contributed by atoms with E-state index >= 15 is 0 Å². The summed E-state index contributed by atoms with van der Waals surface area (Å²) in [4.78, 5) is 8.98. The van der Waals surface area contributed by atoms with Crippen molar-refractivity contribution >= 4 is 12.4 Å². The van der Waals surface area contributed by atoms with Crippen LogP contribution in [0.2, 0.25) is 0 Å². The number of hydrogen-bond acceptors (Lipinski definition) is 6. The van der Waals surface area contributed by atoms with Crippen molar-refractivity contribution < 1.29 is 0 Å². The summed E-state index contributed by atoms with van der Waals surface area (Å²) in [5, 5.41) is 15.4. The second-order valence-corrected chi connectivity index (χ2v) is 6.13. The van der Waals surface area contributed by atoms with Gasteiger partial charge in [-0.15, -0.1) is 0 Å². The number of hydrogen-bond donors (Lipinski definition) is 2. The normalized spacial score (nSPS) is 36.0. The van der Waals surface area contributed by atoms with Crippen molar-refractivity contribution in [3.63, 3.8) is 0 Å². The van der Waals surface area contributed by atoms with Gasteiger partial charge >= 0.3 is 0 Å². The van der Waals surface area contributed by atoms with Gasteiger partial charge in [0.05, 0.1) is 13.1 Å². The fraction of sp³-hybridized carbons (Fsp3) is 0.857. The highest BCUT2D eigenvalue weighted by atomic mass is 15.2. The van der Waals surface area contributed by atoms with Crippen LogP contribution >= 0.6 is 0 Å². The Labute approximate surface area is 121 Å². The molecular formula is C14H26N6. The van der Waals surface area contributed by atoms with E-state index in [0.29, 0.717) is 24.9 Å². The lowest BCUT2D eigenvalue weighted by atomic mass is 9.97. The van der Waals surface area contributed by atoms with Gasteiger partial charge in [0.15, 0.2) is 0 Å². The van der Waals surface area contributed by atoms with Crippen LogP contribution in [0.25, 0.3) is 0 Å². The maximum absolute atomic E-state index is 4.49. The van der Waals surface area contributed by atoms with Gasteiger partial charge in [0.1, 0.15) is 11.3 Å². The second kappa shape index (κ2) is 6.10. The van der Waals surface area contributed by atoms with E-state index in [0.717, 1.165) is 13.1 Å². The number of rotatable bonds is 6. The largest absolute Gasteiger partial charge is 0.288 e. The molecule has 6 heteroatoms. The fourth-order valence-corrected chi connectivity index (χ4v) is 2.39. The van der Waals surface area contributed by atoms with Gasteiger partial charge in [-0.25, -0.2) is 0 Å². The van der Waals surface area contributed by atoms with E-state index < -0.39 is 0 Å². The minimum absolute atomic E-state index is 0.187. The fourth-order valence-electron chi connectivity index (χ4n) is 2.39. The van der Waals surface area contributed by atoms with E-state index in [1.54, 1.807) is 0 Å². The van der Waals surface area contributed by atoms with Crippen molar-refractivity contribution in [3.05, 3.63) is 0 Å². The van der Waals surface area contributed by atoms with Gasteiger partial charge in [0.2, 0.25) is 0 Å². The number of azo groups is 1. The molecule has 0 aromatic heterocycles. The summed E-state index contributed by atoms with van der Waals surface area (Å²) in [6.45, 7) is 11.6. The monoisotopic (exact) mass is 278 g/mol. The van der Waals surface area contributed by atoms with Crippen LogP contribution in [0.3, 0.4) is 0 Å². The third-order valence-electron chi connectivity index (χ3n) is 4.55. The number of nitrogens with one attached hydrogen (secondary N) is 2. The van der Waals surface area contributed by atoms with E-state index in [4.69, 9.17) is 0 Å². The molecule has 0 saturated heterocycles. The molecule has 2 rings (SSSR count). The van der Waals surface area contributed by atoms with Crippen LogP contribution in [0.4, 0.5) is 0 Å². The Kier molecular flexibility index (Phi) is 4.65. The topological polar surface area (TPSA) is 73.5 Å². The van der Waals surface area contributed by atoms with Gasteiger partial charge in [0, 0.05) is 37.4 Å². The van der Waals surface area contributed by atoms with Crippen molar-refractivity contribution in [2.24, 2.45) is 32.0 Å². The Hall–Kier alpha value is -1.14. The minimum Gasteiger partial charge on any atom is -0.288 e. The average Bonchev–Trinajstić information content (AvgIpc) is 3.05. The first kappa shape index (κ1) is 15.3. The van der Waals surface area contributed by atoms with Crippen LogP contribution in [-0.4, -0.2) is 49.9 Å². The minimum atomic E-state index is -0.187. The first-order chi connectivity index (χ1) is 9.46. The Balaban J connectivity index is 1.76. The van der Waals surface area contributed by atoms with Gasteiger partial charge in [-0.2, -0.15) is 10.2 Å². The molecule has 4 atom stereocenters. The molecule has 0 aromatic rings. The smallest absolute Gasteiger partial charge is 0.112 e. The lowest BCUT2D eigenvalue weighted by Gasteiger charge is -2.28. The van der Waals surface area contributed by atoms with Crippen LogP contribution < -0.4 is 10.6 Å². The Morgan fingerprint density at radius 1 is 0.950 bits per heavy atom. The molecule has 2 heterocycles. The van der Waals surface area contributed by atoms with Crippen molar-refractivity contribution in [2.45, 2.75) is 39.0 Å². The molecule has 2 N–H and O–H groups in total. The summed E-state index contributed by atoms with van der Waals surface area (Å²) in [5.74, 6) is 0.664. The summed E-state index contributed by atoms with van der Waals surface area (Å²) in [6.07, 6.45) is 3.86. The molecule has 20 heavy (non-hydrogen) atoms. The predicted molar refractivity (Wildman–Crippen MR) is 82.7 cm³/mol. The van der Waals surface area contributed by atoms with Gasteiger partial charge in [-0.3, -0.25) is 20.6 Å². The van der Waals surface area contributed by atoms with Crippen LogP contribution in [0.15, 0.2) is 20.2 Å². The third-order valence-corrected chi connectivity index (χ3v) is 4.55. The number of nitrogens with zero attached hydrogens (tertiary/aromatic N) is 4. The van der Waals surface area contributed by atoms with Crippen LogP contribution in [0, 0.1) is 11.8 Å². The van der Waals surface area contributed by atoms with Crippen molar-refractivity contribution in [1.82, 2.24) is 10.6 Å². The lowest BCUT2D eigenvalue weighted by Crippen LogP contribution is -2.44. The maximum Gasteiger partial charge on any atom is 0.112 e. The molecule has 112 valence electrons. The molecule has 0 aromatic carbocycles. The molecule has 0 radical (unpaired) electrons. The van der Waals surface area contributed by atoms with E-state index in [1.165, 1.54) is 0 Å². The summed E-state index contributed by atoms with van der Waals surface area (Å²) < 4.78 is 0. The Morgan fingerprint density at radius 2 is 1.35 bits per heavy atom. The highest BCUT2D eigenvalue weighted by molar-refractivity contribution is 5.63. The molecule has 2 aliphatic rings. The lowest BCUT2D eigenvalue weighted by molar-refractivity contribution is 0.277. The zero-order valence-electron chi connectivity index (χ0n) is 12.9. The Bertz CT molecular complexity index is 380. The molecule has 4 unspecified atom stereocenters. The molecule has 0 fully saturated rings. The van der Waals surface area contributed by atoms with Gasteiger partial charge in [-0.05, 0) is 13.8 Å². The zero-order valence-corrected chi connectivity index (χ0v) is 12.9. The van der Waals surface area contributed by atoms with Gasteiger partial charge in [0.25, 0.3) is 0 Å². The summed E-state index contributed by atoms with van der Waals surface area (Å²) in [5.41, 5.74) is -0.373. The van der Waals surface area contributed by atoms with Crippen molar-refractivity contribution in [3.8, 4) is 0 Å². The molecule has 0 bridgehead atoms. The predicted octanol–water partition coefficient (Wildman–Crippen LogP) is 1.49. The van der Waals surface area contributed by atoms with E-state index in [9.17, 15) is 0 Å². The van der Waals surface area contributed by atoms with Crippen LogP contribution in [0.1, 0.15) is 27.7 Å². The summed E-state index contributed by atoms with van der Waals surface area (Å²) in [6, 6.07) is 0.